The van der Waals surface area contributed by atoms with Gasteiger partial charge in [-0.3, -0.25) is 0 Å². The molecule has 1 aromatic carbocycles. The summed E-state index contributed by atoms with van der Waals surface area (Å²) in [7, 11) is 0. The van der Waals surface area contributed by atoms with Gasteiger partial charge in [0.05, 0.1) is 0 Å². The normalized spacial score (nSPS) is 10.0. The third-order valence-electron chi connectivity index (χ3n) is 1.90. The van der Waals surface area contributed by atoms with Crippen molar-refractivity contribution in [3.05, 3.63) is 52.6 Å². The molecule has 0 aliphatic rings. The smallest absolute Gasteiger partial charge is 0.220 e. The van der Waals surface area contributed by atoms with Crippen LogP contribution in [0.5, 0.6) is 11.6 Å². The first-order valence-electron chi connectivity index (χ1n) is 4.61. The van der Waals surface area contributed by atoms with Gasteiger partial charge in [0, 0.05) is 6.07 Å². The number of ether oxygens (including phenoxy) is 1. The van der Waals surface area contributed by atoms with Gasteiger partial charge < -0.3 is 4.74 Å². The van der Waals surface area contributed by atoms with Crippen molar-refractivity contribution in [3.63, 3.8) is 0 Å². The molecule has 0 amide bonds. The van der Waals surface area contributed by atoms with Crippen molar-refractivity contribution in [1.29, 1.82) is 0 Å². The highest BCUT2D eigenvalue weighted by Crippen LogP contribution is 2.21. The highest BCUT2D eigenvalue weighted by molar-refractivity contribution is 9.10. The quantitative estimate of drug-likeness (QED) is 0.766. The number of aromatic nitrogens is 1. The summed E-state index contributed by atoms with van der Waals surface area (Å²) in [4.78, 5) is 4.19. The molecular formula is C12H10BrNO. The van der Waals surface area contributed by atoms with Gasteiger partial charge in [0.2, 0.25) is 5.88 Å². The number of halogens is 1. The molecule has 3 heteroatoms. The molecule has 0 spiro atoms. The molecule has 15 heavy (non-hydrogen) atoms. The largest absolute Gasteiger partial charge is 0.439 e. The van der Waals surface area contributed by atoms with Crippen LogP contribution < -0.4 is 4.74 Å². The van der Waals surface area contributed by atoms with E-state index in [-0.39, 0.29) is 0 Å². The second-order valence-corrected chi connectivity index (χ2v) is 4.03. The Morgan fingerprint density at radius 3 is 2.67 bits per heavy atom. The van der Waals surface area contributed by atoms with E-state index >= 15 is 0 Å². The van der Waals surface area contributed by atoms with Crippen LogP contribution in [0.3, 0.4) is 0 Å². The minimum absolute atomic E-state index is 0.593. The van der Waals surface area contributed by atoms with Crippen LogP contribution in [0.4, 0.5) is 0 Å². The minimum Gasteiger partial charge on any atom is -0.439 e. The molecular weight excluding hydrogens is 254 g/mol. The molecule has 0 bridgehead atoms. The number of hydrogen-bond acceptors (Lipinski definition) is 2. The zero-order valence-electron chi connectivity index (χ0n) is 8.27. The van der Waals surface area contributed by atoms with Gasteiger partial charge in [0.1, 0.15) is 10.4 Å². The van der Waals surface area contributed by atoms with Crippen LogP contribution in [0.25, 0.3) is 0 Å². The Kier molecular flexibility index (Phi) is 3.02. The lowest BCUT2D eigenvalue weighted by Gasteiger charge is -2.05. The molecule has 0 fully saturated rings. The number of hydrogen-bond donors (Lipinski definition) is 0. The SMILES string of the molecule is Cc1cccc(Oc2cccc(Br)n2)c1. The lowest BCUT2D eigenvalue weighted by Crippen LogP contribution is -1.87. The maximum Gasteiger partial charge on any atom is 0.220 e. The lowest BCUT2D eigenvalue weighted by molar-refractivity contribution is 0.461. The van der Waals surface area contributed by atoms with Gasteiger partial charge in [-0.1, -0.05) is 18.2 Å². The van der Waals surface area contributed by atoms with Gasteiger partial charge in [-0.2, -0.15) is 0 Å². The molecule has 0 saturated heterocycles. The van der Waals surface area contributed by atoms with Crippen molar-refractivity contribution in [2.75, 3.05) is 0 Å². The Labute approximate surface area is 97.1 Å². The predicted octanol–water partition coefficient (Wildman–Crippen LogP) is 3.94. The van der Waals surface area contributed by atoms with Crippen LogP contribution in [0.15, 0.2) is 47.1 Å². The Hall–Kier alpha value is -1.35. The van der Waals surface area contributed by atoms with Gasteiger partial charge in [0.15, 0.2) is 0 Å². The Morgan fingerprint density at radius 1 is 1.13 bits per heavy atom. The van der Waals surface area contributed by atoms with E-state index in [0.29, 0.717) is 5.88 Å². The number of aryl methyl sites for hydroxylation is 1. The number of nitrogens with zero attached hydrogens (tertiary/aromatic N) is 1. The zero-order valence-corrected chi connectivity index (χ0v) is 9.86. The summed E-state index contributed by atoms with van der Waals surface area (Å²) >= 11 is 3.30. The maximum atomic E-state index is 5.60. The Bertz CT molecular complexity index is 427. The van der Waals surface area contributed by atoms with Crippen LogP contribution in [0, 0.1) is 6.92 Å². The van der Waals surface area contributed by atoms with Crippen molar-refractivity contribution in [2.45, 2.75) is 6.92 Å². The summed E-state index contributed by atoms with van der Waals surface area (Å²) in [5, 5.41) is 0. The van der Waals surface area contributed by atoms with E-state index in [1.54, 1.807) is 0 Å². The number of benzene rings is 1. The zero-order chi connectivity index (χ0) is 10.7. The first-order valence-corrected chi connectivity index (χ1v) is 5.40. The highest BCUT2D eigenvalue weighted by atomic mass is 79.9. The third kappa shape index (κ3) is 2.80. The van der Waals surface area contributed by atoms with E-state index in [9.17, 15) is 0 Å². The molecule has 1 heterocycles. The van der Waals surface area contributed by atoms with Gasteiger partial charge >= 0.3 is 0 Å². The van der Waals surface area contributed by atoms with Gasteiger partial charge in [-0.15, -0.1) is 0 Å². The summed E-state index contributed by atoms with van der Waals surface area (Å²) in [6.07, 6.45) is 0. The summed E-state index contributed by atoms with van der Waals surface area (Å²) in [5.74, 6) is 1.40. The fourth-order valence-corrected chi connectivity index (χ4v) is 1.57. The summed E-state index contributed by atoms with van der Waals surface area (Å²) in [6, 6.07) is 13.5. The summed E-state index contributed by atoms with van der Waals surface area (Å²) in [5.41, 5.74) is 1.17. The van der Waals surface area contributed by atoms with Crippen LogP contribution >= 0.6 is 15.9 Å². The molecule has 76 valence electrons. The summed E-state index contributed by atoms with van der Waals surface area (Å²) < 4.78 is 6.37. The van der Waals surface area contributed by atoms with E-state index in [4.69, 9.17) is 4.74 Å². The number of rotatable bonds is 2. The molecule has 0 unspecified atom stereocenters. The molecule has 0 atom stereocenters. The van der Waals surface area contributed by atoms with Crippen molar-refractivity contribution in [3.8, 4) is 11.6 Å². The fourth-order valence-electron chi connectivity index (χ4n) is 1.25. The first-order chi connectivity index (χ1) is 7.24. The average Bonchev–Trinajstić information content (AvgIpc) is 2.17. The third-order valence-corrected chi connectivity index (χ3v) is 2.34. The minimum atomic E-state index is 0.593. The first kappa shape index (κ1) is 10.2. The van der Waals surface area contributed by atoms with Crippen molar-refractivity contribution >= 4 is 15.9 Å². The highest BCUT2D eigenvalue weighted by Gasteiger charge is 1.98. The van der Waals surface area contributed by atoms with E-state index in [2.05, 4.69) is 20.9 Å². The molecule has 2 rings (SSSR count). The number of pyridine rings is 1. The van der Waals surface area contributed by atoms with Crippen LogP contribution in [0.1, 0.15) is 5.56 Å². The van der Waals surface area contributed by atoms with E-state index in [1.165, 1.54) is 5.56 Å². The standard InChI is InChI=1S/C12H10BrNO/c1-9-4-2-5-10(8-9)15-12-7-3-6-11(13)14-12/h2-8H,1H3. The molecule has 0 radical (unpaired) electrons. The Balaban J connectivity index is 2.22. The topological polar surface area (TPSA) is 22.1 Å². The Morgan fingerprint density at radius 2 is 1.93 bits per heavy atom. The second kappa shape index (κ2) is 4.45. The van der Waals surface area contributed by atoms with Crippen LogP contribution in [-0.2, 0) is 0 Å². The van der Waals surface area contributed by atoms with Gasteiger partial charge in [-0.25, -0.2) is 4.98 Å². The monoisotopic (exact) mass is 263 g/mol. The van der Waals surface area contributed by atoms with Gasteiger partial charge in [-0.05, 0) is 46.6 Å². The molecule has 0 aliphatic carbocycles. The van der Waals surface area contributed by atoms with Crippen LogP contribution in [0.2, 0.25) is 0 Å². The maximum absolute atomic E-state index is 5.60. The van der Waals surface area contributed by atoms with Crippen molar-refractivity contribution < 1.29 is 4.74 Å². The van der Waals surface area contributed by atoms with Crippen molar-refractivity contribution in [2.24, 2.45) is 0 Å². The predicted molar refractivity (Wildman–Crippen MR) is 63.2 cm³/mol. The van der Waals surface area contributed by atoms with Gasteiger partial charge in [0.25, 0.3) is 0 Å². The average molecular weight is 264 g/mol. The van der Waals surface area contributed by atoms with E-state index < -0.39 is 0 Å². The molecule has 1 aromatic heterocycles. The van der Waals surface area contributed by atoms with Crippen molar-refractivity contribution in [1.82, 2.24) is 4.98 Å². The van der Waals surface area contributed by atoms with Crippen LogP contribution in [-0.4, -0.2) is 4.98 Å². The molecule has 0 N–H and O–H groups in total. The fraction of sp³-hybridized carbons (Fsp3) is 0.0833. The molecule has 0 saturated carbocycles. The molecule has 2 aromatic rings. The van der Waals surface area contributed by atoms with E-state index in [1.807, 2.05) is 49.4 Å². The molecule has 0 aliphatic heterocycles. The van der Waals surface area contributed by atoms with E-state index in [0.717, 1.165) is 10.4 Å². The second-order valence-electron chi connectivity index (χ2n) is 3.22. The summed E-state index contributed by atoms with van der Waals surface area (Å²) in [6.45, 7) is 2.03. The molecule has 2 nitrogen and oxygen atoms in total. The lowest BCUT2D eigenvalue weighted by atomic mass is 10.2.